The predicted octanol–water partition coefficient (Wildman–Crippen LogP) is 3.43. The molecule has 6 heteroatoms. The first-order chi connectivity index (χ1) is 13.0. The molecule has 3 aliphatic rings. The molecule has 0 bridgehead atoms. The molecule has 0 aromatic heterocycles. The third-order valence-corrected chi connectivity index (χ3v) is 7.17. The summed E-state index contributed by atoms with van der Waals surface area (Å²) in [5.74, 6) is -0.900. The standard InChI is InChI=1S/C22H32O6/c1-12(2)9-17(24)28-19-18-16(27-15(5)23)8-7-13(3)21(18,6)11-22(19)14(4)10-26-20(22)25/h12-13,16,18-19H,4,7-11H2,1-3,5-6H3/t13-,16-,18+,19+,21+,22+/m0/s1. The van der Waals surface area contributed by atoms with E-state index in [1.165, 1.54) is 6.92 Å². The molecular formula is C22H32O6. The minimum absolute atomic E-state index is 0.143. The summed E-state index contributed by atoms with van der Waals surface area (Å²) in [6.07, 6.45) is 1.23. The van der Waals surface area contributed by atoms with Crippen molar-refractivity contribution >= 4 is 17.9 Å². The van der Waals surface area contributed by atoms with Gasteiger partial charge in [0.2, 0.25) is 0 Å². The van der Waals surface area contributed by atoms with Crippen LogP contribution in [-0.4, -0.2) is 36.7 Å². The molecule has 156 valence electrons. The Morgan fingerprint density at radius 3 is 2.50 bits per heavy atom. The van der Waals surface area contributed by atoms with Crippen molar-refractivity contribution in [3.63, 3.8) is 0 Å². The number of ether oxygens (including phenoxy) is 3. The second-order valence-corrected chi connectivity index (χ2v) is 9.49. The summed E-state index contributed by atoms with van der Waals surface area (Å²) in [6, 6.07) is 0. The van der Waals surface area contributed by atoms with Crippen LogP contribution in [0.1, 0.15) is 60.3 Å². The van der Waals surface area contributed by atoms with Crippen LogP contribution in [0, 0.1) is 28.6 Å². The van der Waals surface area contributed by atoms with Crippen LogP contribution in [0.4, 0.5) is 0 Å². The van der Waals surface area contributed by atoms with Crippen LogP contribution in [0.2, 0.25) is 0 Å². The fraction of sp³-hybridized carbons (Fsp3) is 0.773. The van der Waals surface area contributed by atoms with Crippen molar-refractivity contribution < 1.29 is 28.6 Å². The Bertz CT molecular complexity index is 679. The van der Waals surface area contributed by atoms with Crippen LogP contribution in [-0.2, 0) is 28.6 Å². The number of esters is 3. The van der Waals surface area contributed by atoms with Gasteiger partial charge in [0, 0.05) is 19.3 Å². The molecule has 2 saturated carbocycles. The van der Waals surface area contributed by atoms with Gasteiger partial charge >= 0.3 is 17.9 Å². The Balaban J connectivity index is 2.07. The van der Waals surface area contributed by atoms with Crippen molar-refractivity contribution in [1.82, 2.24) is 0 Å². The van der Waals surface area contributed by atoms with Crippen molar-refractivity contribution in [3.8, 4) is 0 Å². The molecule has 1 spiro atoms. The van der Waals surface area contributed by atoms with Gasteiger partial charge in [0.1, 0.15) is 24.2 Å². The van der Waals surface area contributed by atoms with Gasteiger partial charge in [0.15, 0.2) is 0 Å². The lowest BCUT2D eigenvalue weighted by Crippen LogP contribution is -2.50. The van der Waals surface area contributed by atoms with Crippen LogP contribution in [0.5, 0.6) is 0 Å². The number of carbonyl (C=O) groups excluding carboxylic acids is 3. The van der Waals surface area contributed by atoms with Crippen LogP contribution in [0.15, 0.2) is 12.2 Å². The van der Waals surface area contributed by atoms with Crippen molar-refractivity contribution in [3.05, 3.63) is 12.2 Å². The molecule has 6 nitrogen and oxygen atoms in total. The van der Waals surface area contributed by atoms with Gasteiger partial charge in [0.25, 0.3) is 0 Å². The average molecular weight is 392 g/mol. The number of fused-ring (bicyclic) bond motifs is 1. The van der Waals surface area contributed by atoms with Crippen molar-refractivity contribution in [2.75, 3.05) is 6.61 Å². The quantitative estimate of drug-likeness (QED) is 0.414. The molecule has 0 aromatic rings. The maximum atomic E-state index is 13.0. The Morgan fingerprint density at radius 2 is 1.96 bits per heavy atom. The lowest BCUT2D eigenvalue weighted by atomic mass is 9.61. The highest BCUT2D eigenvalue weighted by Gasteiger charge is 2.72. The molecule has 3 rings (SSSR count). The van der Waals surface area contributed by atoms with E-state index in [4.69, 9.17) is 14.2 Å². The van der Waals surface area contributed by atoms with E-state index in [1.54, 1.807) is 0 Å². The summed E-state index contributed by atoms with van der Waals surface area (Å²) in [7, 11) is 0. The monoisotopic (exact) mass is 392 g/mol. The maximum absolute atomic E-state index is 13.0. The normalized spacial score (nSPS) is 39.8. The van der Waals surface area contributed by atoms with Gasteiger partial charge in [-0.3, -0.25) is 14.4 Å². The van der Waals surface area contributed by atoms with Crippen LogP contribution < -0.4 is 0 Å². The van der Waals surface area contributed by atoms with Crippen LogP contribution in [0.25, 0.3) is 0 Å². The van der Waals surface area contributed by atoms with Crippen LogP contribution in [0.3, 0.4) is 0 Å². The lowest BCUT2D eigenvalue weighted by molar-refractivity contribution is -0.175. The molecule has 6 atom stereocenters. The molecule has 28 heavy (non-hydrogen) atoms. The summed E-state index contributed by atoms with van der Waals surface area (Å²) in [6.45, 7) is 13.8. The van der Waals surface area contributed by atoms with Crippen molar-refractivity contribution in [2.45, 2.75) is 72.5 Å². The van der Waals surface area contributed by atoms with E-state index in [0.29, 0.717) is 18.4 Å². The second kappa shape index (κ2) is 7.20. The van der Waals surface area contributed by atoms with Gasteiger partial charge in [-0.25, -0.2) is 0 Å². The Labute approximate surface area is 167 Å². The lowest BCUT2D eigenvalue weighted by Gasteiger charge is -2.46. The predicted molar refractivity (Wildman–Crippen MR) is 102 cm³/mol. The van der Waals surface area contributed by atoms with E-state index in [0.717, 1.165) is 6.42 Å². The first-order valence-electron chi connectivity index (χ1n) is 10.2. The molecule has 0 unspecified atom stereocenters. The minimum atomic E-state index is -1.05. The highest BCUT2D eigenvalue weighted by molar-refractivity contribution is 5.86. The average Bonchev–Trinajstić information content (AvgIpc) is 3.00. The van der Waals surface area contributed by atoms with E-state index < -0.39 is 17.6 Å². The van der Waals surface area contributed by atoms with Crippen LogP contribution >= 0.6 is 0 Å². The molecule has 0 amide bonds. The molecule has 3 fully saturated rings. The first kappa shape index (κ1) is 20.9. The summed E-state index contributed by atoms with van der Waals surface area (Å²) in [4.78, 5) is 37.4. The fourth-order valence-electron chi connectivity index (χ4n) is 5.63. The highest BCUT2D eigenvalue weighted by Crippen LogP contribution is 2.66. The Hall–Kier alpha value is -1.85. The van der Waals surface area contributed by atoms with E-state index in [-0.39, 0.29) is 54.1 Å². The molecular weight excluding hydrogens is 360 g/mol. The molecule has 1 heterocycles. The topological polar surface area (TPSA) is 78.9 Å². The molecule has 2 aliphatic carbocycles. The third-order valence-electron chi connectivity index (χ3n) is 7.17. The number of hydrogen-bond acceptors (Lipinski definition) is 6. The van der Waals surface area contributed by atoms with Gasteiger partial charge in [-0.1, -0.05) is 34.3 Å². The maximum Gasteiger partial charge on any atom is 0.320 e. The minimum Gasteiger partial charge on any atom is -0.462 e. The van der Waals surface area contributed by atoms with Gasteiger partial charge < -0.3 is 14.2 Å². The van der Waals surface area contributed by atoms with E-state index in [2.05, 4.69) is 20.4 Å². The molecule has 0 radical (unpaired) electrons. The summed E-state index contributed by atoms with van der Waals surface area (Å²) < 4.78 is 17.0. The van der Waals surface area contributed by atoms with Gasteiger partial charge in [-0.15, -0.1) is 0 Å². The van der Waals surface area contributed by atoms with Crippen molar-refractivity contribution in [1.29, 1.82) is 0 Å². The molecule has 0 aromatic carbocycles. The van der Waals surface area contributed by atoms with E-state index in [1.807, 2.05) is 13.8 Å². The zero-order valence-corrected chi connectivity index (χ0v) is 17.6. The largest absolute Gasteiger partial charge is 0.462 e. The molecule has 0 N–H and O–H groups in total. The summed E-state index contributed by atoms with van der Waals surface area (Å²) in [5.41, 5.74) is -0.722. The summed E-state index contributed by atoms with van der Waals surface area (Å²) >= 11 is 0. The highest BCUT2D eigenvalue weighted by atomic mass is 16.6. The summed E-state index contributed by atoms with van der Waals surface area (Å²) in [5, 5.41) is 0. The van der Waals surface area contributed by atoms with Gasteiger partial charge in [-0.05, 0) is 42.1 Å². The number of carbonyl (C=O) groups is 3. The SMILES string of the molecule is C=C1COC(=O)[C@]12C[C@@]1(C)[C@H]([C@@H](OC(C)=O)CC[C@@H]1C)[C@H]2OC(=O)CC(C)C. The van der Waals surface area contributed by atoms with Crippen molar-refractivity contribution in [2.24, 2.45) is 28.6 Å². The first-order valence-corrected chi connectivity index (χ1v) is 10.2. The zero-order chi connectivity index (χ0) is 20.9. The van der Waals surface area contributed by atoms with E-state index in [9.17, 15) is 14.4 Å². The Morgan fingerprint density at radius 1 is 1.29 bits per heavy atom. The number of hydrogen-bond donors (Lipinski definition) is 0. The second-order valence-electron chi connectivity index (χ2n) is 9.49. The van der Waals surface area contributed by atoms with Gasteiger partial charge in [-0.2, -0.15) is 0 Å². The smallest absolute Gasteiger partial charge is 0.320 e. The molecule has 1 aliphatic heterocycles. The number of rotatable bonds is 4. The fourth-order valence-corrected chi connectivity index (χ4v) is 5.63. The number of cyclic esters (lactones) is 1. The molecule has 1 saturated heterocycles. The van der Waals surface area contributed by atoms with Gasteiger partial charge in [0.05, 0.1) is 0 Å². The van der Waals surface area contributed by atoms with E-state index >= 15 is 0 Å². The zero-order valence-electron chi connectivity index (χ0n) is 17.6. The third kappa shape index (κ3) is 3.15. The Kier molecular flexibility index (Phi) is 5.36.